The first-order valence-electron chi connectivity index (χ1n) is 8.10. The third-order valence-electron chi connectivity index (χ3n) is 3.85. The topological polar surface area (TPSA) is 49.3 Å². The molecule has 2 aromatic rings. The zero-order valence-electron chi connectivity index (χ0n) is 14.2. The van der Waals surface area contributed by atoms with Crippen molar-refractivity contribution in [3.05, 3.63) is 65.5 Å². The van der Waals surface area contributed by atoms with Crippen molar-refractivity contribution in [2.45, 2.75) is 26.2 Å². The largest absolute Gasteiger partial charge is 0.356 e. The molecule has 1 aromatic carbocycles. The molecule has 0 saturated heterocycles. The summed E-state index contributed by atoms with van der Waals surface area (Å²) in [4.78, 5) is 8.59. The quantitative estimate of drug-likeness (QED) is 0.637. The molecular weight excluding hydrogens is 284 g/mol. The normalized spacial score (nSPS) is 12.7. The van der Waals surface area contributed by atoms with Crippen LogP contribution in [0.15, 0.2) is 53.7 Å². The van der Waals surface area contributed by atoms with E-state index in [1.165, 1.54) is 11.1 Å². The van der Waals surface area contributed by atoms with Gasteiger partial charge in [0.2, 0.25) is 0 Å². The molecule has 0 aliphatic heterocycles. The Morgan fingerprint density at radius 2 is 1.91 bits per heavy atom. The van der Waals surface area contributed by atoms with Crippen molar-refractivity contribution >= 4 is 5.96 Å². The molecular formula is C19H26N4. The lowest BCUT2D eigenvalue weighted by molar-refractivity contribution is 0.697. The highest BCUT2D eigenvalue weighted by atomic mass is 15.2. The minimum atomic E-state index is 0.441. The molecule has 0 aliphatic rings. The molecule has 0 radical (unpaired) electrons. The van der Waals surface area contributed by atoms with Gasteiger partial charge in [0.1, 0.15) is 0 Å². The highest BCUT2D eigenvalue weighted by Gasteiger charge is 2.06. The van der Waals surface area contributed by atoms with Crippen LogP contribution >= 0.6 is 0 Å². The van der Waals surface area contributed by atoms with Crippen LogP contribution in [0.25, 0.3) is 0 Å². The number of guanidine groups is 1. The SMILES string of the molecule is CN=C(NCCc1ccc(C)nc1)NCC(C)c1ccccc1. The molecule has 0 bridgehead atoms. The summed E-state index contributed by atoms with van der Waals surface area (Å²) in [5.74, 6) is 1.28. The summed E-state index contributed by atoms with van der Waals surface area (Å²) >= 11 is 0. The zero-order chi connectivity index (χ0) is 16.5. The Labute approximate surface area is 139 Å². The van der Waals surface area contributed by atoms with Crippen LogP contribution in [0.1, 0.15) is 29.7 Å². The molecule has 2 N–H and O–H groups in total. The summed E-state index contributed by atoms with van der Waals surface area (Å²) in [6, 6.07) is 14.7. The van der Waals surface area contributed by atoms with Gasteiger partial charge in [0.25, 0.3) is 0 Å². The molecule has 4 heteroatoms. The summed E-state index contributed by atoms with van der Waals surface area (Å²) in [5, 5.41) is 6.74. The van der Waals surface area contributed by atoms with Gasteiger partial charge in [-0.15, -0.1) is 0 Å². The van der Waals surface area contributed by atoms with Crippen molar-refractivity contribution in [2.75, 3.05) is 20.1 Å². The Morgan fingerprint density at radius 3 is 2.57 bits per heavy atom. The van der Waals surface area contributed by atoms with Gasteiger partial charge in [0.05, 0.1) is 0 Å². The lowest BCUT2D eigenvalue weighted by Gasteiger charge is -2.16. The molecule has 1 unspecified atom stereocenters. The van der Waals surface area contributed by atoms with E-state index in [1.54, 1.807) is 7.05 Å². The number of benzene rings is 1. The van der Waals surface area contributed by atoms with Gasteiger partial charge in [-0.3, -0.25) is 9.98 Å². The van der Waals surface area contributed by atoms with Crippen LogP contribution in [-0.4, -0.2) is 31.1 Å². The molecule has 1 aromatic heterocycles. The van der Waals surface area contributed by atoms with Crippen molar-refractivity contribution in [1.82, 2.24) is 15.6 Å². The monoisotopic (exact) mass is 310 g/mol. The molecule has 0 spiro atoms. The number of pyridine rings is 1. The number of nitrogens with zero attached hydrogens (tertiary/aromatic N) is 2. The Hall–Kier alpha value is -2.36. The van der Waals surface area contributed by atoms with Gasteiger partial charge in [0, 0.05) is 32.0 Å². The van der Waals surface area contributed by atoms with Crippen LogP contribution in [0.5, 0.6) is 0 Å². The second kappa shape index (κ2) is 8.93. The summed E-state index contributed by atoms with van der Waals surface area (Å²) < 4.78 is 0. The Balaban J connectivity index is 1.74. The fourth-order valence-electron chi connectivity index (χ4n) is 2.34. The third kappa shape index (κ3) is 5.74. The summed E-state index contributed by atoms with van der Waals surface area (Å²) in [7, 11) is 1.80. The lowest BCUT2D eigenvalue weighted by atomic mass is 10.0. The first-order chi connectivity index (χ1) is 11.2. The number of aryl methyl sites for hydroxylation is 1. The van der Waals surface area contributed by atoms with E-state index in [2.05, 4.69) is 57.9 Å². The van der Waals surface area contributed by atoms with Gasteiger partial charge < -0.3 is 10.6 Å². The van der Waals surface area contributed by atoms with E-state index >= 15 is 0 Å². The second-order valence-corrected chi connectivity index (χ2v) is 5.75. The smallest absolute Gasteiger partial charge is 0.191 e. The zero-order valence-corrected chi connectivity index (χ0v) is 14.2. The highest BCUT2D eigenvalue weighted by Crippen LogP contribution is 2.12. The van der Waals surface area contributed by atoms with Crippen LogP contribution in [0.3, 0.4) is 0 Å². The van der Waals surface area contributed by atoms with Crippen molar-refractivity contribution in [3.63, 3.8) is 0 Å². The van der Waals surface area contributed by atoms with Crippen LogP contribution < -0.4 is 10.6 Å². The maximum absolute atomic E-state index is 4.32. The van der Waals surface area contributed by atoms with E-state index in [9.17, 15) is 0 Å². The molecule has 0 amide bonds. The number of hydrogen-bond donors (Lipinski definition) is 2. The van der Waals surface area contributed by atoms with Crippen molar-refractivity contribution in [1.29, 1.82) is 0 Å². The second-order valence-electron chi connectivity index (χ2n) is 5.75. The van der Waals surface area contributed by atoms with Crippen molar-refractivity contribution in [3.8, 4) is 0 Å². The molecule has 4 nitrogen and oxygen atoms in total. The predicted molar refractivity (Wildman–Crippen MR) is 96.9 cm³/mol. The maximum atomic E-state index is 4.32. The maximum Gasteiger partial charge on any atom is 0.191 e. The fraction of sp³-hybridized carbons (Fsp3) is 0.368. The summed E-state index contributed by atoms with van der Waals surface area (Å²) in [6.07, 6.45) is 2.87. The number of aliphatic imine (C=N–C) groups is 1. The first-order valence-corrected chi connectivity index (χ1v) is 8.10. The van der Waals surface area contributed by atoms with Crippen molar-refractivity contribution in [2.24, 2.45) is 4.99 Å². The predicted octanol–water partition coefficient (Wildman–Crippen LogP) is 2.90. The molecule has 0 saturated carbocycles. The number of rotatable bonds is 6. The average Bonchev–Trinajstić information content (AvgIpc) is 2.60. The van der Waals surface area contributed by atoms with Crippen LogP contribution in [0, 0.1) is 6.92 Å². The van der Waals surface area contributed by atoms with Crippen LogP contribution in [0.2, 0.25) is 0 Å². The molecule has 122 valence electrons. The third-order valence-corrected chi connectivity index (χ3v) is 3.85. The number of aromatic nitrogens is 1. The van der Waals surface area contributed by atoms with Crippen molar-refractivity contribution < 1.29 is 0 Å². The van der Waals surface area contributed by atoms with E-state index in [-0.39, 0.29) is 0 Å². The van der Waals surface area contributed by atoms with Gasteiger partial charge in [-0.05, 0) is 36.5 Å². The molecule has 0 fully saturated rings. The highest BCUT2D eigenvalue weighted by molar-refractivity contribution is 5.79. The fourth-order valence-corrected chi connectivity index (χ4v) is 2.34. The van der Waals surface area contributed by atoms with Gasteiger partial charge in [0.15, 0.2) is 5.96 Å². The molecule has 0 aliphatic carbocycles. The van der Waals surface area contributed by atoms with E-state index in [4.69, 9.17) is 0 Å². The van der Waals surface area contributed by atoms with Gasteiger partial charge >= 0.3 is 0 Å². The molecule has 23 heavy (non-hydrogen) atoms. The number of nitrogens with one attached hydrogen (secondary N) is 2. The number of hydrogen-bond acceptors (Lipinski definition) is 2. The van der Waals surface area contributed by atoms with E-state index in [0.29, 0.717) is 5.92 Å². The van der Waals surface area contributed by atoms with Gasteiger partial charge in [-0.25, -0.2) is 0 Å². The summed E-state index contributed by atoms with van der Waals surface area (Å²) in [5.41, 5.74) is 3.62. The van der Waals surface area contributed by atoms with Crippen LogP contribution in [0.4, 0.5) is 0 Å². The van der Waals surface area contributed by atoms with E-state index in [0.717, 1.165) is 31.2 Å². The Morgan fingerprint density at radius 1 is 1.13 bits per heavy atom. The van der Waals surface area contributed by atoms with Gasteiger partial charge in [-0.2, -0.15) is 0 Å². The summed E-state index contributed by atoms with van der Waals surface area (Å²) in [6.45, 7) is 5.91. The molecule has 1 atom stereocenters. The van der Waals surface area contributed by atoms with Gasteiger partial charge in [-0.1, -0.05) is 43.3 Å². The average molecular weight is 310 g/mol. The molecule has 2 rings (SSSR count). The first kappa shape index (κ1) is 17.0. The van der Waals surface area contributed by atoms with Crippen LogP contribution in [-0.2, 0) is 6.42 Å². The molecule has 1 heterocycles. The standard InChI is InChI=1S/C19H26N4/c1-15(18-7-5-4-6-8-18)13-23-19(20-3)21-12-11-17-10-9-16(2)22-14-17/h4-10,14-15H,11-13H2,1-3H3,(H2,20,21,23). The Bertz CT molecular complexity index is 605. The van der Waals surface area contributed by atoms with E-state index in [1.807, 2.05) is 25.3 Å². The minimum absolute atomic E-state index is 0.441. The lowest BCUT2D eigenvalue weighted by Crippen LogP contribution is -2.39. The Kier molecular flexibility index (Phi) is 6.60. The van der Waals surface area contributed by atoms with E-state index < -0.39 is 0 Å². The minimum Gasteiger partial charge on any atom is -0.356 e.